The minimum absolute atomic E-state index is 0.897. The molecule has 0 saturated carbocycles. The highest BCUT2D eigenvalue weighted by Crippen LogP contribution is 2.47. The molecule has 310 valence electrons. The van der Waals surface area contributed by atoms with Crippen molar-refractivity contribution >= 4 is 49.8 Å². The maximum atomic E-state index is 6.50. The van der Waals surface area contributed by atoms with Crippen LogP contribution in [0.5, 0.6) is 0 Å². The van der Waals surface area contributed by atoms with Gasteiger partial charge in [0.05, 0.1) is 5.69 Å². The summed E-state index contributed by atoms with van der Waals surface area (Å²) in [6.07, 6.45) is 0. The van der Waals surface area contributed by atoms with E-state index in [0.717, 1.165) is 61.3 Å². The van der Waals surface area contributed by atoms with E-state index in [1.807, 2.05) is 12.1 Å². The van der Waals surface area contributed by atoms with Crippen molar-refractivity contribution in [2.45, 2.75) is 0 Å². The fourth-order valence-electron chi connectivity index (χ4n) is 9.66. The number of anilines is 3. The van der Waals surface area contributed by atoms with Crippen LogP contribution in [0, 0.1) is 0 Å². The molecule has 1 heterocycles. The quantitative estimate of drug-likeness (QED) is 0.144. The molecule has 2 nitrogen and oxygen atoms in total. The molecule has 0 aliphatic heterocycles. The Morgan fingerprint density at radius 3 is 1.53 bits per heavy atom. The summed E-state index contributed by atoms with van der Waals surface area (Å²) >= 11 is 0. The van der Waals surface area contributed by atoms with Gasteiger partial charge in [0.15, 0.2) is 0 Å². The summed E-state index contributed by atoms with van der Waals surface area (Å²) in [4.78, 5) is 2.41. The van der Waals surface area contributed by atoms with Crippen molar-refractivity contribution in [3.8, 4) is 66.8 Å². The molecule has 0 atom stereocenters. The minimum Gasteiger partial charge on any atom is -0.455 e. The Kier molecular flexibility index (Phi) is 9.89. The molecule has 66 heavy (non-hydrogen) atoms. The zero-order valence-electron chi connectivity index (χ0n) is 36.2. The van der Waals surface area contributed by atoms with Crippen LogP contribution in [0.3, 0.4) is 0 Å². The van der Waals surface area contributed by atoms with Gasteiger partial charge in [-0.2, -0.15) is 0 Å². The van der Waals surface area contributed by atoms with Gasteiger partial charge < -0.3 is 9.32 Å². The van der Waals surface area contributed by atoms with Gasteiger partial charge in [-0.15, -0.1) is 0 Å². The lowest BCUT2D eigenvalue weighted by Gasteiger charge is -2.29. The van der Waals surface area contributed by atoms with Crippen molar-refractivity contribution in [1.29, 1.82) is 0 Å². The Morgan fingerprint density at radius 1 is 0.258 bits per heavy atom. The number of rotatable bonds is 9. The first-order valence-corrected chi connectivity index (χ1v) is 22.6. The molecular formula is C64H43NO. The van der Waals surface area contributed by atoms with Crippen molar-refractivity contribution in [1.82, 2.24) is 0 Å². The standard InChI is InChI=1S/C64H43NO/c1-3-16-44(17-4-1)51-36-41-57(61(43-51)56-23-10-9-22-54(56)47-19-5-2-6-20-47)58-24-11-13-28-62(58)65(52-37-32-46(33-38-52)50-31-30-45-18-7-8-21-49(45)42-50)53-39-34-48(35-40-53)55-26-15-27-60-59-25-12-14-29-63(59)66-64(55)60/h1-43H. The zero-order valence-corrected chi connectivity index (χ0v) is 36.2. The fraction of sp³-hybridized carbons (Fsp3) is 0. The second kappa shape index (κ2) is 16.8. The Hall–Kier alpha value is -8.72. The Balaban J connectivity index is 1.03. The van der Waals surface area contributed by atoms with E-state index in [4.69, 9.17) is 4.42 Å². The van der Waals surface area contributed by atoms with Gasteiger partial charge in [0, 0.05) is 33.3 Å². The molecule has 0 radical (unpaired) electrons. The number of fused-ring (bicyclic) bond motifs is 4. The molecule has 12 aromatic rings. The predicted octanol–water partition coefficient (Wildman–Crippen LogP) is 18.2. The molecule has 0 aliphatic carbocycles. The first-order valence-electron chi connectivity index (χ1n) is 22.6. The van der Waals surface area contributed by atoms with E-state index in [-0.39, 0.29) is 0 Å². The lowest BCUT2D eigenvalue weighted by atomic mass is 9.86. The van der Waals surface area contributed by atoms with Crippen LogP contribution in [-0.4, -0.2) is 0 Å². The lowest BCUT2D eigenvalue weighted by Crippen LogP contribution is -2.11. The summed E-state index contributed by atoms with van der Waals surface area (Å²) in [5, 5.41) is 4.72. The van der Waals surface area contributed by atoms with Crippen LogP contribution < -0.4 is 4.90 Å². The molecule has 0 amide bonds. The topological polar surface area (TPSA) is 16.4 Å². The van der Waals surface area contributed by atoms with Crippen LogP contribution in [0.2, 0.25) is 0 Å². The number of nitrogens with zero attached hydrogens (tertiary/aromatic N) is 1. The third kappa shape index (κ3) is 7.12. The smallest absolute Gasteiger partial charge is 0.143 e. The molecular weight excluding hydrogens is 799 g/mol. The van der Waals surface area contributed by atoms with Crippen LogP contribution >= 0.6 is 0 Å². The van der Waals surface area contributed by atoms with E-state index in [9.17, 15) is 0 Å². The van der Waals surface area contributed by atoms with E-state index >= 15 is 0 Å². The summed E-state index contributed by atoms with van der Waals surface area (Å²) in [6.45, 7) is 0. The monoisotopic (exact) mass is 841 g/mol. The van der Waals surface area contributed by atoms with E-state index in [1.165, 1.54) is 55.3 Å². The average Bonchev–Trinajstić information content (AvgIpc) is 3.79. The highest BCUT2D eigenvalue weighted by atomic mass is 16.3. The molecule has 0 aliphatic rings. The van der Waals surface area contributed by atoms with Crippen molar-refractivity contribution in [3.63, 3.8) is 0 Å². The first kappa shape index (κ1) is 38.9. The molecule has 2 heteroatoms. The maximum Gasteiger partial charge on any atom is 0.143 e. The number of furan rings is 1. The van der Waals surface area contributed by atoms with Crippen LogP contribution in [-0.2, 0) is 0 Å². The van der Waals surface area contributed by atoms with E-state index in [0.29, 0.717) is 0 Å². The summed E-state index contributed by atoms with van der Waals surface area (Å²) < 4.78 is 6.50. The highest BCUT2D eigenvalue weighted by Gasteiger charge is 2.22. The lowest BCUT2D eigenvalue weighted by molar-refractivity contribution is 0.670. The Morgan fingerprint density at radius 2 is 0.758 bits per heavy atom. The molecule has 0 saturated heterocycles. The second-order valence-electron chi connectivity index (χ2n) is 16.8. The molecule has 11 aromatic carbocycles. The normalized spacial score (nSPS) is 11.3. The van der Waals surface area contributed by atoms with E-state index in [1.54, 1.807) is 0 Å². The van der Waals surface area contributed by atoms with Crippen molar-refractivity contribution in [2.75, 3.05) is 4.90 Å². The van der Waals surface area contributed by atoms with Gasteiger partial charge in [0.2, 0.25) is 0 Å². The molecule has 0 unspecified atom stereocenters. The number of hydrogen-bond acceptors (Lipinski definition) is 2. The van der Waals surface area contributed by atoms with Crippen LogP contribution in [0.4, 0.5) is 17.1 Å². The van der Waals surface area contributed by atoms with Gasteiger partial charge in [-0.1, -0.05) is 212 Å². The molecule has 0 bridgehead atoms. The van der Waals surface area contributed by atoms with Gasteiger partial charge in [-0.05, 0) is 115 Å². The number of para-hydroxylation sites is 3. The molecule has 0 spiro atoms. The third-order valence-corrected chi connectivity index (χ3v) is 12.9. The van der Waals surface area contributed by atoms with Crippen molar-refractivity contribution < 1.29 is 4.42 Å². The fourth-order valence-corrected chi connectivity index (χ4v) is 9.66. The highest BCUT2D eigenvalue weighted by molar-refractivity contribution is 6.09. The number of hydrogen-bond donors (Lipinski definition) is 0. The summed E-state index contributed by atoms with van der Waals surface area (Å²) in [6, 6.07) is 94.0. The summed E-state index contributed by atoms with van der Waals surface area (Å²) in [5.74, 6) is 0. The SMILES string of the molecule is c1ccc(-c2ccc(-c3ccccc3N(c3ccc(-c4ccc5ccccc5c4)cc3)c3ccc(-c4cccc5c4oc4ccccc45)cc3)c(-c3ccccc3-c3ccccc3)c2)cc1. The van der Waals surface area contributed by atoms with Gasteiger partial charge in [-0.25, -0.2) is 0 Å². The summed E-state index contributed by atoms with van der Waals surface area (Å²) in [5.41, 5.74) is 18.9. The van der Waals surface area contributed by atoms with E-state index < -0.39 is 0 Å². The predicted molar refractivity (Wildman–Crippen MR) is 279 cm³/mol. The largest absolute Gasteiger partial charge is 0.455 e. The Bertz CT molecular complexity index is 3680. The summed E-state index contributed by atoms with van der Waals surface area (Å²) in [7, 11) is 0. The van der Waals surface area contributed by atoms with Crippen molar-refractivity contribution in [2.24, 2.45) is 0 Å². The van der Waals surface area contributed by atoms with Crippen molar-refractivity contribution in [3.05, 3.63) is 261 Å². The maximum absolute atomic E-state index is 6.50. The first-order chi connectivity index (χ1) is 32.7. The van der Waals surface area contributed by atoms with Crippen LogP contribution in [0.1, 0.15) is 0 Å². The van der Waals surface area contributed by atoms with Crippen LogP contribution in [0.15, 0.2) is 265 Å². The zero-order chi connectivity index (χ0) is 43.8. The third-order valence-electron chi connectivity index (χ3n) is 12.9. The molecule has 0 fully saturated rings. The molecule has 0 N–H and O–H groups in total. The molecule has 1 aromatic heterocycles. The Labute approximate surface area is 384 Å². The average molecular weight is 842 g/mol. The van der Waals surface area contributed by atoms with Gasteiger partial charge in [-0.3, -0.25) is 0 Å². The van der Waals surface area contributed by atoms with Gasteiger partial charge >= 0.3 is 0 Å². The van der Waals surface area contributed by atoms with Crippen LogP contribution in [0.25, 0.3) is 99.5 Å². The van der Waals surface area contributed by atoms with E-state index in [2.05, 4.69) is 254 Å². The number of benzene rings is 11. The minimum atomic E-state index is 0.897. The molecule has 12 rings (SSSR count). The van der Waals surface area contributed by atoms with Gasteiger partial charge in [0.1, 0.15) is 11.2 Å². The van der Waals surface area contributed by atoms with Gasteiger partial charge in [0.25, 0.3) is 0 Å². The second-order valence-corrected chi connectivity index (χ2v) is 16.8.